The number of carbonyl (C=O) groups is 1. The molecule has 0 saturated heterocycles. The summed E-state index contributed by atoms with van der Waals surface area (Å²) < 4.78 is 0. The van der Waals surface area contributed by atoms with E-state index in [4.69, 9.17) is 5.41 Å². The third kappa shape index (κ3) is 6.77. The zero-order valence-corrected chi connectivity index (χ0v) is 17.6. The molecule has 1 heterocycles. The molecule has 0 saturated carbocycles. The van der Waals surface area contributed by atoms with Crippen molar-refractivity contribution in [1.82, 2.24) is 10.2 Å². The molecule has 0 bridgehead atoms. The Morgan fingerprint density at radius 1 is 1.03 bits per heavy atom. The molecule has 5 nitrogen and oxygen atoms in total. The van der Waals surface area contributed by atoms with E-state index in [1.165, 1.54) is 16.9 Å². The molecule has 0 aliphatic heterocycles. The average Bonchev–Trinajstić information content (AvgIpc) is 3.32. The Balaban J connectivity index is 1.54. The molecule has 30 heavy (non-hydrogen) atoms. The van der Waals surface area contributed by atoms with Crippen LogP contribution in [0.2, 0.25) is 0 Å². The standard InChI is InChI=1S/C24H26N4OS/c25-23(14-16-27-21-11-5-2-6-12-21)28(24(29)22-13-7-18-30-22)17-8-15-26-19-20-9-3-1-4-10-20/h1-7,9-14,16,18,25-27H,8,15,17,19H2/p+1/b16-14-,25-23?. The molecule has 0 aliphatic rings. The van der Waals surface area contributed by atoms with Crippen molar-refractivity contribution in [3.8, 4) is 0 Å². The number of para-hydroxylation sites is 1. The maximum Gasteiger partial charge on any atom is 0.269 e. The number of quaternary nitrogens is 1. The van der Waals surface area contributed by atoms with Gasteiger partial charge in [-0.25, -0.2) is 0 Å². The van der Waals surface area contributed by atoms with E-state index in [2.05, 4.69) is 17.4 Å². The van der Waals surface area contributed by atoms with Crippen LogP contribution in [0.25, 0.3) is 0 Å². The number of rotatable bonds is 10. The highest BCUT2D eigenvalue weighted by molar-refractivity contribution is 7.12. The van der Waals surface area contributed by atoms with Gasteiger partial charge in [0.1, 0.15) is 17.7 Å². The number of amidine groups is 1. The summed E-state index contributed by atoms with van der Waals surface area (Å²) in [7, 11) is 0. The Bertz CT molecular complexity index is 940. The minimum atomic E-state index is -0.123. The first kappa shape index (κ1) is 21.6. The van der Waals surface area contributed by atoms with Crippen LogP contribution < -0.4 is 10.6 Å². The third-order valence-corrected chi connectivity index (χ3v) is 5.38. The van der Waals surface area contributed by atoms with Crippen LogP contribution >= 0.6 is 11.3 Å². The van der Waals surface area contributed by atoms with Crippen LogP contribution in [0.4, 0.5) is 5.69 Å². The minimum Gasteiger partial charge on any atom is -0.313 e. The summed E-state index contributed by atoms with van der Waals surface area (Å²) in [5.74, 6) is 0.0751. The predicted octanol–water partition coefficient (Wildman–Crippen LogP) is 3.76. The number of amides is 1. The number of hydrogen-bond acceptors (Lipinski definition) is 4. The largest absolute Gasteiger partial charge is 0.313 e. The van der Waals surface area contributed by atoms with Gasteiger partial charge in [-0.1, -0.05) is 54.6 Å². The lowest BCUT2D eigenvalue weighted by atomic mass is 10.2. The molecule has 0 spiro atoms. The van der Waals surface area contributed by atoms with Gasteiger partial charge in [0.2, 0.25) is 0 Å². The van der Waals surface area contributed by atoms with E-state index in [1.807, 2.05) is 71.5 Å². The zero-order chi connectivity index (χ0) is 21.0. The highest BCUT2D eigenvalue weighted by atomic mass is 32.1. The molecule has 6 heteroatoms. The average molecular weight is 420 g/mol. The summed E-state index contributed by atoms with van der Waals surface area (Å²) in [6.07, 6.45) is 4.26. The zero-order valence-electron chi connectivity index (χ0n) is 16.8. The lowest BCUT2D eigenvalue weighted by Gasteiger charge is -2.21. The molecular formula is C24H27N4OS+. The first-order chi connectivity index (χ1) is 14.7. The van der Waals surface area contributed by atoms with Gasteiger partial charge in [0.25, 0.3) is 5.91 Å². The van der Waals surface area contributed by atoms with E-state index in [0.29, 0.717) is 11.4 Å². The van der Waals surface area contributed by atoms with Crippen molar-refractivity contribution in [2.75, 3.05) is 13.1 Å². The maximum atomic E-state index is 12.9. The van der Waals surface area contributed by atoms with Gasteiger partial charge in [-0.2, -0.15) is 0 Å². The lowest BCUT2D eigenvalue weighted by molar-refractivity contribution is -0.496. The second-order valence-corrected chi connectivity index (χ2v) is 7.72. The molecule has 0 radical (unpaired) electrons. The number of hydrogen-bond donors (Lipinski definition) is 3. The SMILES string of the molecule is N=C(/C=C\[NH2+]c1ccccc1)N(CCCNCc1ccccc1)C(=O)c1cccs1. The smallest absolute Gasteiger partial charge is 0.269 e. The fourth-order valence-corrected chi connectivity index (χ4v) is 3.63. The highest BCUT2D eigenvalue weighted by Crippen LogP contribution is 2.13. The summed E-state index contributed by atoms with van der Waals surface area (Å²) in [5.41, 5.74) is 2.29. The van der Waals surface area contributed by atoms with Gasteiger partial charge in [-0.05, 0) is 42.1 Å². The number of carbonyl (C=O) groups excluding carboxylic acids is 1. The van der Waals surface area contributed by atoms with Crippen LogP contribution in [-0.4, -0.2) is 29.7 Å². The molecule has 2 aromatic carbocycles. The Kier molecular flexibility index (Phi) is 8.53. The van der Waals surface area contributed by atoms with E-state index in [-0.39, 0.29) is 11.7 Å². The van der Waals surface area contributed by atoms with Gasteiger partial charge in [0.05, 0.1) is 4.88 Å². The van der Waals surface area contributed by atoms with Gasteiger partial charge >= 0.3 is 0 Å². The summed E-state index contributed by atoms with van der Waals surface area (Å²) >= 11 is 1.40. The van der Waals surface area contributed by atoms with Crippen LogP contribution in [0.5, 0.6) is 0 Å². The van der Waals surface area contributed by atoms with Gasteiger partial charge in [-0.15, -0.1) is 11.3 Å². The molecule has 3 aromatic rings. The number of thiophene rings is 1. The van der Waals surface area contributed by atoms with E-state index >= 15 is 0 Å². The summed E-state index contributed by atoms with van der Waals surface area (Å²) in [4.78, 5) is 15.1. The quantitative estimate of drug-likeness (QED) is 0.203. The molecule has 0 unspecified atom stereocenters. The maximum absolute atomic E-state index is 12.9. The Morgan fingerprint density at radius 3 is 2.47 bits per heavy atom. The summed E-state index contributed by atoms with van der Waals surface area (Å²) in [6.45, 7) is 2.06. The first-order valence-corrected chi connectivity index (χ1v) is 10.9. The van der Waals surface area contributed by atoms with Gasteiger partial charge in [-0.3, -0.25) is 20.4 Å². The van der Waals surface area contributed by atoms with Crippen molar-refractivity contribution in [2.24, 2.45) is 0 Å². The van der Waals surface area contributed by atoms with Gasteiger partial charge in [0.15, 0.2) is 0 Å². The molecule has 3 rings (SSSR count). The number of nitrogens with one attached hydrogen (secondary N) is 2. The number of nitrogens with two attached hydrogens (primary N) is 1. The molecular weight excluding hydrogens is 392 g/mol. The predicted molar refractivity (Wildman–Crippen MR) is 123 cm³/mol. The molecule has 154 valence electrons. The third-order valence-electron chi connectivity index (χ3n) is 4.52. The molecule has 0 aliphatic carbocycles. The van der Waals surface area contributed by atoms with Crippen molar-refractivity contribution in [1.29, 1.82) is 5.41 Å². The van der Waals surface area contributed by atoms with Crippen molar-refractivity contribution in [3.63, 3.8) is 0 Å². The fraction of sp³-hybridized carbons (Fsp3) is 0.167. The normalized spacial score (nSPS) is 10.9. The Morgan fingerprint density at radius 2 is 1.77 bits per heavy atom. The number of benzene rings is 2. The monoisotopic (exact) mass is 419 g/mol. The molecule has 0 atom stereocenters. The lowest BCUT2D eigenvalue weighted by Crippen LogP contribution is -2.71. The van der Waals surface area contributed by atoms with E-state index < -0.39 is 0 Å². The number of nitrogens with zero attached hydrogens (tertiary/aromatic N) is 1. The van der Waals surface area contributed by atoms with Crippen molar-refractivity contribution in [3.05, 3.63) is 101 Å². The minimum absolute atomic E-state index is 0.123. The molecule has 1 aromatic heterocycles. The Labute approximate surface area is 181 Å². The van der Waals surface area contributed by atoms with E-state index in [9.17, 15) is 4.79 Å². The Hall–Kier alpha value is -3.06. The van der Waals surface area contributed by atoms with Gasteiger partial charge in [0, 0.05) is 19.2 Å². The molecule has 1 amide bonds. The van der Waals surface area contributed by atoms with Crippen LogP contribution in [0.15, 0.2) is 90.5 Å². The van der Waals surface area contributed by atoms with Crippen LogP contribution in [-0.2, 0) is 6.54 Å². The highest BCUT2D eigenvalue weighted by Gasteiger charge is 2.19. The summed E-state index contributed by atoms with van der Waals surface area (Å²) in [5, 5.41) is 15.7. The van der Waals surface area contributed by atoms with E-state index in [1.54, 1.807) is 17.0 Å². The molecule has 4 N–H and O–H groups in total. The van der Waals surface area contributed by atoms with Crippen molar-refractivity contribution >= 4 is 28.8 Å². The first-order valence-electron chi connectivity index (χ1n) is 9.99. The fourth-order valence-electron chi connectivity index (χ4n) is 2.96. The van der Waals surface area contributed by atoms with E-state index in [0.717, 1.165) is 25.2 Å². The molecule has 0 fully saturated rings. The second-order valence-electron chi connectivity index (χ2n) is 6.77. The van der Waals surface area contributed by atoms with Crippen molar-refractivity contribution < 1.29 is 10.1 Å². The van der Waals surface area contributed by atoms with Gasteiger partial charge < -0.3 is 5.32 Å². The second kappa shape index (κ2) is 11.8. The van der Waals surface area contributed by atoms with Crippen LogP contribution in [0.1, 0.15) is 21.7 Å². The summed E-state index contributed by atoms with van der Waals surface area (Å²) in [6, 6.07) is 23.8. The van der Waals surface area contributed by atoms with Crippen LogP contribution in [0, 0.1) is 5.41 Å². The van der Waals surface area contributed by atoms with Crippen molar-refractivity contribution in [2.45, 2.75) is 13.0 Å². The topological polar surface area (TPSA) is 72.8 Å². The van der Waals surface area contributed by atoms with Crippen LogP contribution in [0.3, 0.4) is 0 Å².